The van der Waals surface area contributed by atoms with Crippen LogP contribution in [0.4, 0.5) is 0 Å². The molecule has 2 aliphatic rings. The molecule has 2 heterocycles. The van der Waals surface area contributed by atoms with Gasteiger partial charge in [-0.1, -0.05) is 12.1 Å². The highest BCUT2D eigenvalue weighted by atomic mass is 32.2. The van der Waals surface area contributed by atoms with E-state index in [1.54, 1.807) is 28.6 Å². The maximum absolute atomic E-state index is 12.6. The summed E-state index contributed by atoms with van der Waals surface area (Å²) in [6, 6.07) is 6.89. The second kappa shape index (κ2) is 5.44. The predicted octanol–water partition coefficient (Wildman–Crippen LogP) is 0.648. The van der Waals surface area contributed by atoms with Crippen molar-refractivity contribution in [3.63, 3.8) is 0 Å². The number of sulfonamides is 1. The van der Waals surface area contributed by atoms with Gasteiger partial charge in [-0.3, -0.25) is 4.90 Å². The summed E-state index contributed by atoms with van der Waals surface area (Å²) >= 11 is 0. The third-order valence-corrected chi connectivity index (χ3v) is 6.17. The topological polar surface area (TPSA) is 60.9 Å². The van der Waals surface area contributed by atoms with Crippen LogP contribution in [-0.4, -0.2) is 55.0 Å². The molecule has 0 bridgehead atoms. The lowest BCUT2D eigenvalue weighted by atomic mass is 10.2. The Morgan fingerprint density at radius 2 is 1.90 bits per heavy atom. The molecule has 6 heteroatoms. The van der Waals surface area contributed by atoms with Crippen molar-refractivity contribution in [2.75, 3.05) is 26.2 Å². The molecule has 1 aromatic rings. The van der Waals surface area contributed by atoms with Crippen molar-refractivity contribution in [3.8, 4) is 0 Å². The molecule has 0 aromatic heterocycles. The second-order valence-electron chi connectivity index (χ2n) is 5.50. The first-order chi connectivity index (χ1) is 9.61. The molecule has 5 nitrogen and oxygen atoms in total. The van der Waals surface area contributed by atoms with Crippen LogP contribution in [0.1, 0.15) is 18.4 Å². The van der Waals surface area contributed by atoms with Gasteiger partial charge in [0.05, 0.1) is 11.5 Å². The Morgan fingerprint density at radius 1 is 1.15 bits per heavy atom. The molecule has 1 atom stereocenters. The minimum atomic E-state index is -3.40. The fourth-order valence-electron chi connectivity index (χ4n) is 3.10. The Labute approximate surface area is 119 Å². The molecule has 3 rings (SSSR count). The highest BCUT2D eigenvalue weighted by Crippen LogP contribution is 2.25. The van der Waals surface area contributed by atoms with E-state index in [0.717, 1.165) is 25.1 Å². The van der Waals surface area contributed by atoms with Crippen LogP contribution >= 0.6 is 0 Å². The number of piperazine rings is 1. The number of nitrogens with zero attached hydrogens (tertiary/aromatic N) is 2. The first kappa shape index (κ1) is 14.0. The van der Waals surface area contributed by atoms with E-state index in [-0.39, 0.29) is 6.61 Å². The number of hydrogen-bond donors (Lipinski definition) is 1. The molecule has 2 saturated heterocycles. The summed E-state index contributed by atoms with van der Waals surface area (Å²) in [4.78, 5) is 2.71. The van der Waals surface area contributed by atoms with Gasteiger partial charge in [0.25, 0.3) is 0 Å². The van der Waals surface area contributed by atoms with Crippen molar-refractivity contribution in [1.82, 2.24) is 9.21 Å². The fourth-order valence-corrected chi connectivity index (χ4v) is 4.57. The van der Waals surface area contributed by atoms with E-state index >= 15 is 0 Å². The first-order valence-corrected chi connectivity index (χ1v) is 8.49. The van der Waals surface area contributed by atoms with Crippen molar-refractivity contribution in [1.29, 1.82) is 0 Å². The van der Waals surface area contributed by atoms with Crippen molar-refractivity contribution in [3.05, 3.63) is 29.8 Å². The molecule has 0 amide bonds. The molecule has 0 saturated carbocycles. The summed E-state index contributed by atoms with van der Waals surface area (Å²) in [6.07, 6.45) is 2.26. The van der Waals surface area contributed by atoms with E-state index in [1.807, 2.05) is 0 Å². The second-order valence-corrected chi connectivity index (χ2v) is 7.44. The average Bonchev–Trinajstić information content (AvgIpc) is 2.94. The van der Waals surface area contributed by atoms with Gasteiger partial charge in [-0.15, -0.1) is 0 Å². The average molecular weight is 296 g/mol. The van der Waals surface area contributed by atoms with Gasteiger partial charge in [0.2, 0.25) is 10.0 Å². The molecule has 2 aliphatic heterocycles. The van der Waals surface area contributed by atoms with Crippen LogP contribution in [0, 0.1) is 0 Å². The zero-order valence-corrected chi connectivity index (χ0v) is 12.2. The molecular formula is C14H20N2O3S. The number of aliphatic hydroxyl groups is 1. The van der Waals surface area contributed by atoms with Crippen LogP contribution in [-0.2, 0) is 16.6 Å². The Hall–Kier alpha value is -0.950. The van der Waals surface area contributed by atoms with E-state index in [1.165, 1.54) is 6.42 Å². The Balaban J connectivity index is 1.80. The molecule has 2 fully saturated rings. The van der Waals surface area contributed by atoms with Gasteiger partial charge in [0.15, 0.2) is 0 Å². The van der Waals surface area contributed by atoms with Crippen LogP contribution in [0.15, 0.2) is 29.2 Å². The molecule has 0 radical (unpaired) electrons. The van der Waals surface area contributed by atoms with E-state index in [4.69, 9.17) is 5.11 Å². The summed E-state index contributed by atoms with van der Waals surface area (Å²) < 4.78 is 26.8. The quantitative estimate of drug-likeness (QED) is 0.889. The van der Waals surface area contributed by atoms with Crippen molar-refractivity contribution < 1.29 is 13.5 Å². The largest absolute Gasteiger partial charge is 0.392 e. The molecule has 1 N–H and O–H groups in total. The smallest absolute Gasteiger partial charge is 0.243 e. The third kappa shape index (κ3) is 2.48. The van der Waals surface area contributed by atoms with Crippen molar-refractivity contribution in [2.24, 2.45) is 0 Å². The van der Waals surface area contributed by atoms with Gasteiger partial charge in [-0.2, -0.15) is 4.31 Å². The van der Waals surface area contributed by atoms with Gasteiger partial charge in [-0.25, -0.2) is 8.42 Å². The minimum absolute atomic E-state index is 0.0684. The van der Waals surface area contributed by atoms with Gasteiger partial charge in [-0.05, 0) is 37.1 Å². The van der Waals surface area contributed by atoms with Crippen LogP contribution in [0.25, 0.3) is 0 Å². The summed E-state index contributed by atoms with van der Waals surface area (Å²) in [5.41, 5.74) is 0.726. The zero-order valence-electron chi connectivity index (χ0n) is 11.4. The predicted molar refractivity (Wildman–Crippen MR) is 75.7 cm³/mol. The molecule has 0 spiro atoms. The maximum atomic E-state index is 12.6. The fraction of sp³-hybridized carbons (Fsp3) is 0.571. The number of benzene rings is 1. The molecule has 110 valence electrons. The van der Waals surface area contributed by atoms with Gasteiger partial charge in [0, 0.05) is 25.7 Å². The number of fused-ring (bicyclic) bond motifs is 1. The summed E-state index contributed by atoms with van der Waals surface area (Å²) in [5, 5.41) is 9.02. The number of rotatable bonds is 3. The standard InChI is InChI=1S/C14H20N2O3S/c17-11-12-3-5-14(6-4-12)20(18,19)16-9-8-15-7-1-2-13(15)10-16/h3-6,13,17H,1-2,7-11H2. The maximum Gasteiger partial charge on any atom is 0.243 e. The van der Waals surface area contributed by atoms with Crippen LogP contribution in [0.2, 0.25) is 0 Å². The molecule has 1 unspecified atom stereocenters. The minimum Gasteiger partial charge on any atom is -0.392 e. The summed E-state index contributed by atoms with van der Waals surface area (Å²) in [5.74, 6) is 0. The first-order valence-electron chi connectivity index (χ1n) is 7.05. The lowest BCUT2D eigenvalue weighted by Crippen LogP contribution is -2.51. The highest BCUT2D eigenvalue weighted by molar-refractivity contribution is 7.89. The zero-order chi connectivity index (χ0) is 14.2. The van der Waals surface area contributed by atoms with E-state index in [2.05, 4.69) is 4.90 Å². The van der Waals surface area contributed by atoms with E-state index in [9.17, 15) is 8.42 Å². The van der Waals surface area contributed by atoms with Gasteiger partial charge < -0.3 is 5.11 Å². The SMILES string of the molecule is O=S(=O)(c1ccc(CO)cc1)N1CCN2CCCC2C1. The molecule has 20 heavy (non-hydrogen) atoms. The molecular weight excluding hydrogens is 276 g/mol. The van der Waals surface area contributed by atoms with Crippen LogP contribution < -0.4 is 0 Å². The van der Waals surface area contributed by atoms with Gasteiger partial charge in [0.1, 0.15) is 0 Å². The lowest BCUT2D eigenvalue weighted by Gasteiger charge is -2.36. The lowest BCUT2D eigenvalue weighted by molar-refractivity contribution is 0.158. The number of aliphatic hydroxyl groups excluding tert-OH is 1. The summed E-state index contributed by atoms with van der Waals surface area (Å²) in [7, 11) is -3.40. The Morgan fingerprint density at radius 3 is 2.60 bits per heavy atom. The monoisotopic (exact) mass is 296 g/mol. The Bertz CT molecular complexity index is 571. The molecule has 0 aliphatic carbocycles. The third-order valence-electron chi connectivity index (χ3n) is 4.29. The highest BCUT2D eigenvalue weighted by Gasteiger charge is 2.36. The normalized spacial score (nSPS) is 24.8. The van der Waals surface area contributed by atoms with Crippen LogP contribution in [0.5, 0.6) is 0 Å². The molecule has 1 aromatic carbocycles. The van der Waals surface area contributed by atoms with E-state index < -0.39 is 10.0 Å². The van der Waals surface area contributed by atoms with E-state index in [0.29, 0.717) is 24.0 Å². The summed E-state index contributed by atoms with van der Waals surface area (Å²) in [6.45, 7) is 3.04. The number of hydrogen-bond acceptors (Lipinski definition) is 4. The Kier molecular flexibility index (Phi) is 3.81. The van der Waals surface area contributed by atoms with Crippen molar-refractivity contribution in [2.45, 2.75) is 30.4 Å². The van der Waals surface area contributed by atoms with Crippen molar-refractivity contribution >= 4 is 10.0 Å². The van der Waals surface area contributed by atoms with Crippen LogP contribution in [0.3, 0.4) is 0 Å². The van der Waals surface area contributed by atoms with Gasteiger partial charge >= 0.3 is 0 Å².